The van der Waals surface area contributed by atoms with E-state index in [0.717, 1.165) is 16.7 Å². The number of fused-ring (bicyclic) bond motifs is 1. The second-order valence-corrected chi connectivity index (χ2v) is 4.68. The SMILES string of the molecule is Cn1c(/C(C#N)=C/c2ccc(N)cc2)nc2cccnc21. The third-order valence-electron chi connectivity index (χ3n) is 3.24. The van der Waals surface area contributed by atoms with Gasteiger partial charge < -0.3 is 10.3 Å². The van der Waals surface area contributed by atoms with Gasteiger partial charge in [0, 0.05) is 18.9 Å². The van der Waals surface area contributed by atoms with Crippen LogP contribution in [0.4, 0.5) is 5.69 Å². The molecular formula is C16H13N5. The largest absolute Gasteiger partial charge is 0.399 e. The van der Waals surface area contributed by atoms with Gasteiger partial charge in [-0.1, -0.05) is 12.1 Å². The summed E-state index contributed by atoms with van der Waals surface area (Å²) in [4.78, 5) is 8.77. The maximum atomic E-state index is 9.43. The molecule has 0 amide bonds. The van der Waals surface area contributed by atoms with Crippen molar-refractivity contribution in [3.63, 3.8) is 0 Å². The summed E-state index contributed by atoms with van der Waals surface area (Å²) in [7, 11) is 1.85. The number of nitrogens with two attached hydrogens (primary N) is 1. The van der Waals surface area contributed by atoms with E-state index in [1.165, 1.54) is 0 Å². The zero-order valence-corrected chi connectivity index (χ0v) is 11.5. The highest BCUT2D eigenvalue weighted by atomic mass is 15.1. The van der Waals surface area contributed by atoms with Crippen LogP contribution < -0.4 is 5.73 Å². The van der Waals surface area contributed by atoms with E-state index < -0.39 is 0 Å². The van der Waals surface area contributed by atoms with Crippen molar-refractivity contribution in [3.05, 3.63) is 54.0 Å². The number of nitrogens with zero attached hydrogens (tertiary/aromatic N) is 4. The zero-order chi connectivity index (χ0) is 14.8. The molecule has 21 heavy (non-hydrogen) atoms. The Morgan fingerprint density at radius 2 is 2.05 bits per heavy atom. The normalized spacial score (nSPS) is 11.5. The predicted molar refractivity (Wildman–Crippen MR) is 82.8 cm³/mol. The van der Waals surface area contributed by atoms with Crippen LogP contribution in [0, 0.1) is 11.3 Å². The fourth-order valence-electron chi connectivity index (χ4n) is 2.17. The molecule has 0 fully saturated rings. The average Bonchev–Trinajstić information content (AvgIpc) is 2.84. The Bertz CT molecular complexity index is 866. The first-order valence-corrected chi connectivity index (χ1v) is 6.44. The molecule has 0 unspecified atom stereocenters. The van der Waals surface area contributed by atoms with E-state index in [1.807, 2.05) is 35.9 Å². The van der Waals surface area contributed by atoms with Crippen LogP contribution in [0.25, 0.3) is 22.8 Å². The fraction of sp³-hybridized carbons (Fsp3) is 0.0625. The lowest BCUT2D eigenvalue weighted by Gasteiger charge is -2.01. The molecule has 2 aromatic heterocycles. The van der Waals surface area contributed by atoms with E-state index in [-0.39, 0.29) is 0 Å². The second kappa shape index (κ2) is 5.10. The summed E-state index contributed by atoms with van der Waals surface area (Å²) in [5.41, 5.74) is 9.28. The number of nitriles is 1. The number of nitrogen functional groups attached to an aromatic ring is 1. The fourth-order valence-corrected chi connectivity index (χ4v) is 2.17. The van der Waals surface area contributed by atoms with E-state index in [4.69, 9.17) is 5.73 Å². The quantitative estimate of drug-likeness (QED) is 0.576. The van der Waals surface area contributed by atoms with E-state index >= 15 is 0 Å². The molecule has 0 aliphatic heterocycles. The first-order chi connectivity index (χ1) is 10.2. The number of pyridine rings is 1. The van der Waals surface area contributed by atoms with E-state index in [2.05, 4.69) is 16.0 Å². The van der Waals surface area contributed by atoms with Crippen molar-refractivity contribution in [3.8, 4) is 6.07 Å². The topological polar surface area (TPSA) is 80.5 Å². The Hall–Kier alpha value is -3.13. The molecule has 2 N–H and O–H groups in total. The smallest absolute Gasteiger partial charge is 0.160 e. The molecule has 102 valence electrons. The van der Waals surface area contributed by atoms with E-state index in [1.54, 1.807) is 24.4 Å². The molecule has 0 spiro atoms. The summed E-state index contributed by atoms with van der Waals surface area (Å²) in [6, 6.07) is 13.3. The molecule has 5 heteroatoms. The zero-order valence-electron chi connectivity index (χ0n) is 11.5. The molecule has 3 rings (SSSR count). The van der Waals surface area contributed by atoms with Crippen molar-refractivity contribution in [1.29, 1.82) is 5.26 Å². The Morgan fingerprint density at radius 1 is 1.29 bits per heavy atom. The standard InChI is InChI=1S/C16H13N5/c1-21-15(20-14-3-2-8-19-16(14)21)12(10-17)9-11-4-6-13(18)7-5-11/h2-9H,18H2,1H3/b12-9+. The monoisotopic (exact) mass is 275 g/mol. The second-order valence-electron chi connectivity index (χ2n) is 4.68. The third kappa shape index (κ3) is 2.35. The molecule has 0 radical (unpaired) electrons. The summed E-state index contributed by atoms with van der Waals surface area (Å²) >= 11 is 0. The molecule has 0 saturated carbocycles. The van der Waals surface area contributed by atoms with Gasteiger partial charge in [0.1, 0.15) is 11.6 Å². The van der Waals surface area contributed by atoms with Crippen LogP contribution in [-0.2, 0) is 7.05 Å². The van der Waals surface area contributed by atoms with Crippen molar-refractivity contribution in [2.24, 2.45) is 7.05 Å². The van der Waals surface area contributed by atoms with Crippen LogP contribution >= 0.6 is 0 Å². The van der Waals surface area contributed by atoms with Gasteiger partial charge in [-0.05, 0) is 35.9 Å². The van der Waals surface area contributed by atoms with Crippen molar-refractivity contribution in [1.82, 2.24) is 14.5 Å². The van der Waals surface area contributed by atoms with Gasteiger partial charge in [-0.2, -0.15) is 5.26 Å². The highest BCUT2D eigenvalue weighted by molar-refractivity contribution is 5.90. The lowest BCUT2D eigenvalue weighted by atomic mass is 10.1. The summed E-state index contributed by atoms with van der Waals surface area (Å²) in [6.45, 7) is 0. The maximum absolute atomic E-state index is 9.43. The Labute approximate surface area is 122 Å². The molecule has 3 aromatic rings. The Balaban J connectivity index is 2.12. The van der Waals surface area contributed by atoms with Crippen molar-refractivity contribution in [2.45, 2.75) is 0 Å². The number of aryl methyl sites for hydroxylation is 1. The number of hydrogen-bond donors (Lipinski definition) is 1. The van der Waals surface area contributed by atoms with Crippen molar-refractivity contribution in [2.75, 3.05) is 5.73 Å². The maximum Gasteiger partial charge on any atom is 0.160 e. The molecule has 5 nitrogen and oxygen atoms in total. The van der Waals surface area contributed by atoms with Gasteiger partial charge in [0.2, 0.25) is 0 Å². The van der Waals surface area contributed by atoms with E-state index in [0.29, 0.717) is 17.1 Å². The van der Waals surface area contributed by atoms with Crippen LogP contribution in [0.15, 0.2) is 42.6 Å². The summed E-state index contributed by atoms with van der Waals surface area (Å²) < 4.78 is 1.82. The number of allylic oxidation sites excluding steroid dienone is 1. The van der Waals surface area contributed by atoms with Gasteiger partial charge in [0.25, 0.3) is 0 Å². The van der Waals surface area contributed by atoms with Gasteiger partial charge in [-0.3, -0.25) is 0 Å². The Kier molecular flexibility index (Phi) is 3.13. The van der Waals surface area contributed by atoms with Crippen LogP contribution in [0.1, 0.15) is 11.4 Å². The first kappa shape index (κ1) is 12.9. The van der Waals surface area contributed by atoms with Crippen LogP contribution in [0.2, 0.25) is 0 Å². The lowest BCUT2D eigenvalue weighted by molar-refractivity contribution is 0.910. The van der Waals surface area contributed by atoms with Crippen LogP contribution in [-0.4, -0.2) is 14.5 Å². The summed E-state index contributed by atoms with van der Waals surface area (Å²) in [5, 5.41) is 9.43. The van der Waals surface area contributed by atoms with E-state index in [9.17, 15) is 5.26 Å². The molecule has 0 aliphatic carbocycles. The predicted octanol–water partition coefficient (Wildman–Crippen LogP) is 2.61. The molecule has 0 atom stereocenters. The number of benzene rings is 1. The minimum atomic E-state index is 0.486. The first-order valence-electron chi connectivity index (χ1n) is 6.44. The molecule has 0 aliphatic rings. The average molecular weight is 275 g/mol. The number of anilines is 1. The minimum Gasteiger partial charge on any atom is -0.399 e. The van der Waals surface area contributed by atoms with Crippen molar-refractivity contribution >= 4 is 28.5 Å². The van der Waals surface area contributed by atoms with Crippen LogP contribution in [0.5, 0.6) is 0 Å². The highest BCUT2D eigenvalue weighted by Gasteiger charge is 2.12. The summed E-state index contributed by atoms with van der Waals surface area (Å²) in [5.74, 6) is 0.600. The lowest BCUT2D eigenvalue weighted by Crippen LogP contribution is -1.97. The van der Waals surface area contributed by atoms with Gasteiger partial charge in [0.05, 0.1) is 5.57 Å². The highest BCUT2D eigenvalue weighted by Crippen LogP contribution is 2.21. The molecule has 1 aromatic carbocycles. The summed E-state index contributed by atoms with van der Waals surface area (Å²) in [6.07, 6.45) is 3.50. The molecule has 0 bridgehead atoms. The van der Waals surface area contributed by atoms with Gasteiger partial charge >= 0.3 is 0 Å². The molecule has 0 saturated heterocycles. The van der Waals surface area contributed by atoms with Crippen LogP contribution in [0.3, 0.4) is 0 Å². The minimum absolute atomic E-state index is 0.486. The number of imidazole rings is 1. The molecule has 2 heterocycles. The number of hydrogen-bond acceptors (Lipinski definition) is 4. The van der Waals surface area contributed by atoms with Gasteiger partial charge in [-0.15, -0.1) is 0 Å². The van der Waals surface area contributed by atoms with Gasteiger partial charge in [0.15, 0.2) is 11.5 Å². The third-order valence-corrected chi connectivity index (χ3v) is 3.24. The Morgan fingerprint density at radius 3 is 2.71 bits per heavy atom. The number of rotatable bonds is 2. The molecular weight excluding hydrogens is 262 g/mol. The van der Waals surface area contributed by atoms with Crippen molar-refractivity contribution < 1.29 is 0 Å². The van der Waals surface area contributed by atoms with Gasteiger partial charge in [-0.25, -0.2) is 9.97 Å². The number of aromatic nitrogens is 3.